The lowest BCUT2D eigenvalue weighted by Crippen LogP contribution is -2.06. The molecule has 0 spiro atoms. The summed E-state index contributed by atoms with van der Waals surface area (Å²) in [5, 5.41) is 0.725. The molecule has 19 heavy (non-hydrogen) atoms. The van der Waals surface area contributed by atoms with Crippen molar-refractivity contribution in [2.45, 2.75) is 6.42 Å². The maximum Gasteiger partial charge on any atom is 0.168 e. The molecule has 0 bridgehead atoms. The monoisotopic (exact) mass is 360 g/mol. The van der Waals surface area contributed by atoms with Crippen molar-refractivity contribution in [2.24, 2.45) is 0 Å². The van der Waals surface area contributed by atoms with Gasteiger partial charge < -0.3 is 0 Å². The molecule has 0 amide bonds. The molecule has 5 heteroatoms. The highest BCUT2D eigenvalue weighted by atomic mass is 79.9. The van der Waals surface area contributed by atoms with Gasteiger partial charge in [-0.3, -0.25) is 4.79 Å². The Bertz CT molecular complexity index is 643. The van der Waals surface area contributed by atoms with E-state index in [-0.39, 0.29) is 17.2 Å². The summed E-state index contributed by atoms with van der Waals surface area (Å²) in [7, 11) is 0. The zero-order valence-corrected chi connectivity index (χ0v) is 12.7. The molecule has 98 valence electrons. The number of hydrogen-bond acceptors (Lipinski definition) is 1. The quantitative estimate of drug-likeness (QED) is 0.676. The Morgan fingerprint density at radius 2 is 1.89 bits per heavy atom. The third-order valence-electron chi connectivity index (χ3n) is 2.59. The van der Waals surface area contributed by atoms with Crippen molar-refractivity contribution in [1.29, 1.82) is 0 Å². The Morgan fingerprint density at radius 3 is 2.58 bits per heavy atom. The van der Waals surface area contributed by atoms with Gasteiger partial charge in [0, 0.05) is 21.5 Å². The van der Waals surface area contributed by atoms with Crippen molar-refractivity contribution >= 4 is 44.9 Å². The van der Waals surface area contributed by atoms with Gasteiger partial charge in [0.1, 0.15) is 5.82 Å². The number of ketones is 1. The van der Waals surface area contributed by atoms with Gasteiger partial charge in [-0.05, 0) is 42.0 Å². The highest BCUT2D eigenvalue weighted by Crippen LogP contribution is 2.23. The van der Waals surface area contributed by atoms with Crippen LogP contribution < -0.4 is 0 Å². The van der Waals surface area contributed by atoms with E-state index in [4.69, 9.17) is 23.2 Å². The third kappa shape index (κ3) is 3.56. The van der Waals surface area contributed by atoms with Gasteiger partial charge in [-0.1, -0.05) is 39.1 Å². The van der Waals surface area contributed by atoms with Gasteiger partial charge in [0.15, 0.2) is 5.78 Å². The van der Waals surface area contributed by atoms with Crippen LogP contribution in [0.1, 0.15) is 15.9 Å². The van der Waals surface area contributed by atoms with Crippen molar-refractivity contribution in [3.8, 4) is 0 Å². The minimum Gasteiger partial charge on any atom is -0.294 e. The number of benzene rings is 2. The predicted molar refractivity (Wildman–Crippen MR) is 78.6 cm³/mol. The average Bonchev–Trinajstić information content (AvgIpc) is 2.33. The minimum absolute atomic E-state index is 0.0490. The molecular weight excluding hydrogens is 354 g/mol. The second kappa shape index (κ2) is 6.04. The topological polar surface area (TPSA) is 17.1 Å². The molecule has 2 rings (SSSR count). The summed E-state index contributed by atoms with van der Waals surface area (Å²) in [6, 6.07) is 9.10. The molecule has 0 heterocycles. The Morgan fingerprint density at radius 1 is 1.16 bits per heavy atom. The fourth-order valence-corrected chi connectivity index (χ4v) is 2.58. The van der Waals surface area contributed by atoms with Crippen LogP contribution in [0, 0.1) is 5.82 Å². The zero-order chi connectivity index (χ0) is 14.0. The molecule has 0 N–H and O–H groups in total. The molecule has 0 saturated heterocycles. The lowest BCUT2D eigenvalue weighted by molar-refractivity contribution is 0.0992. The van der Waals surface area contributed by atoms with Crippen LogP contribution in [0.5, 0.6) is 0 Å². The normalized spacial score (nSPS) is 10.5. The fraction of sp³-hybridized carbons (Fsp3) is 0.0714. The summed E-state index contributed by atoms with van der Waals surface area (Å²) in [4.78, 5) is 12.1. The first-order chi connectivity index (χ1) is 8.97. The third-order valence-corrected chi connectivity index (χ3v) is 3.63. The summed E-state index contributed by atoms with van der Waals surface area (Å²) >= 11 is 15.0. The first-order valence-electron chi connectivity index (χ1n) is 5.39. The maximum absolute atomic E-state index is 13.6. The molecule has 1 nitrogen and oxygen atoms in total. The number of Topliss-reactive ketones (excluding diaryl/α,β-unsaturated/α-hetero) is 1. The number of rotatable bonds is 3. The maximum atomic E-state index is 13.6. The molecule has 0 aliphatic heterocycles. The van der Waals surface area contributed by atoms with E-state index in [1.807, 2.05) is 0 Å². The van der Waals surface area contributed by atoms with Crippen LogP contribution in [0.3, 0.4) is 0 Å². The van der Waals surface area contributed by atoms with Crippen LogP contribution in [0.15, 0.2) is 40.9 Å². The molecule has 0 radical (unpaired) electrons. The van der Waals surface area contributed by atoms with Crippen LogP contribution in [-0.4, -0.2) is 5.78 Å². The van der Waals surface area contributed by atoms with Gasteiger partial charge in [-0.15, -0.1) is 0 Å². The van der Waals surface area contributed by atoms with Gasteiger partial charge in [-0.2, -0.15) is 0 Å². The molecule has 0 aliphatic rings. The van der Waals surface area contributed by atoms with Gasteiger partial charge >= 0.3 is 0 Å². The summed E-state index contributed by atoms with van der Waals surface area (Å²) in [5.74, 6) is -0.666. The van der Waals surface area contributed by atoms with Crippen LogP contribution in [-0.2, 0) is 6.42 Å². The smallest absolute Gasteiger partial charge is 0.168 e. The number of hydrogen-bond donors (Lipinski definition) is 0. The number of halogens is 4. The van der Waals surface area contributed by atoms with Crippen LogP contribution >= 0.6 is 39.1 Å². The van der Waals surface area contributed by atoms with Crippen LogP contribution in [0.4, 0.5) is 4.39 Å². The van der Waals surface area contributed by atoms with Crippen molar-refractivity contribution in [1.82, 2.24) is 0 Å². The van der Waals surface area contributed by atoms with E-state index in [9.17, 15) is 9.18 Å². The first kappa shape index (κ1) is 14.5. The number of carbonyl (C=O) groups is 1. The summed E-state index contributed by atoms with van der Waals surface area (Å²) in [6.45, 7) is 0. The second-order valence-electron chi connectivity index (χ2n) is 3.96. The van der Waals surface area contributed by atoms with E-state index in [0.29, 0.717) is 16.1 Å². The SMILES string of the molecule is O=C(Cc1cc(Br)ccc1F)c1ccc(Cl)cc1Cl. The van der Waals surface area contributed by atoms with E-state index >= 15 is 0 Å². The Hall–Kier alpha value is -0.900. The van der Waals surface area contributed by atoms with Gasteiger partial charge in [0.05, 0.1) is 5.02 Å². The first-order valence-corrected chi connectivity index (χ1v) is 6.94. The Kier molecular flexibility index (Phi) is 4.61. The summed E-state index contributed by atoms with van der Waals surface area (Å²) < 4.78 is 14.3. The molecule has 2 aromatic carbocycles. The highest BCUT2D eigenvalue weighted by Gasteiger charge is 2.14. The van der Waals surface area contributed by atoms with Gasteiger partial charge in [-0.25, -0.2) is 4.39 Å². The van der Waals surface area contributed by atoms with Crippen molar-refractivity contribution < 1.29 is 9.18 Å². The standard InChI is InChI=1S/C14H8BrCl2FO/c15-9-1-4-13(18)8(5-9)6-14(19)11-3-2-10(16)7-12(11)17/h1-5,7H,6H2. The summed E-state index contributed by atoms with van der Waals surface area (Å²) in [5.41, 5.74) is 0.663. The molecule has 0 saturated carbocycles. The molecular formula is C14H8BrCl2FO. The fourth-order valence-electron chi connectivity index (χ4n) is 1.66. The molecule has 0 atom stereocenters. The highest BCUT2D eigenvalue weighted by molar-refractivity contribution is 9.10. The lowest BCUT2D eigenvalue weighted by Gasteiger charge is -2.06. The molecule has 0 aromatic heterocycles. The molecule has 0 aliphatic carbocycles. The van der Waals surface area contributed by atoms with Crippen molar-refractivity contribution in [3.05, 3.63) is 67.9 Å². The zero-order valence-electron chi connectivity index (χ0n) is 9.59. The van der Waals surface area contributed by atoms with E-state index in [0.717, 1.165) is 4.47 Å². The molecule has 2 aromatic rings. The van der Waals surface area contributed by atoms with Crippen LogP contribution in [0.25, 0.3) is 0 Å². The molecule has 0 unspecified atom stereocenters. The lowest BCUT2D eigenvalue weighted by atomic mass is 10.0. The minimum atomic E-state index is -0.415. The van der Waals surface area contributed by atoms with Crippen molar-refractivity contribution in [2.75, 3.05) is 0 Å². The largest absolute Gasteiger partial charge is 0.294 e. The van der Waals surface area contributed by atoms with E-state index in [1.54, 1.807) is 24.3 Å². The van der Waals surface area contributed by atoms with E-state index < -0.39 is 5.82 Å². The second-order valence-corrected chi connectivity index (χ2v) is 5.72. The predicted octanol–water partition coefficient (Wildman–Crippen LogP) is 5.32. The number of carbonyl (C=O) groups excluding carboxylic acids is 1. The van der Waals surface area contributed by atoms with Crippen molar-refractivity contribution in [3.63, 3.8) is 0 Å². The van der Waals surface area contributed by atoms with E-state index in [2.05, 4.69) is 15.9 Å². The van der Waals surface area contributed by atoms with Gasteiger partial charge in [0.2, 0.25) is 0 Å². The van der Waals surface area contributed by atoms with Crippen LogP contribution in [0.2, 0.25) is 10.0 Å². The Balaban J connectivity index is 2.28. The molecule has 0 fully saturated rings. The van der Waals surface area contributed by atoms with Gasteiger partial charge in [0.25, 0.3) is 0 Å². The van der Waals surface area contributed by atoms with E-state index in [1.165, 1.54) is 12.1 Å². The average molecular weight is 362 g/mol. The Labute approximate surface area is 128 Å². The summed E-state index contributed by atoms with van der Waals surface area (Å²) in [6.07, 6.45) is -0.0490.